The molecule has 23 heavy (non-hydrogen) atoms. The van der Waals surface area contributed by atoms with Crippen LogP contribution in [0.15, 0.2) is 9.32 Å². The smallest absolute Gasteiger partial charge is 0.340 e. The van der Waals surface area contributed by atoms with Crippen molar-refractivity contribution in [1.82, 2.24) is 25.2 Å². The van der Waals surface area contributed by atoms with Crippen molar-refractivity contribution in [2.24, 2.45) is 0 Å². The van der Waals surface area contributed by atoms with Gasteiger partial charge in [-0.1, -0.05) is 5.16 Å². The Balaban J connectivity index is 0.000000816. The Labute approximate surface area is 131 Å². The average molecular weight is 325 g/mol. The lowest BCUT2D eigenvalue weighted by Crippen LogP contribution is -2.27. The van der Waals surface area contributed by atoms with Gasteiger partial charge in [0, 0.05) is 25.5 Å². The van der Waals surface area contributed by atoms with Crippen LogP contribution in [-0.4, -0.2) is 49.8 Å². The van der Waals surface area contributed by atoms with E-state index in [2.05, 4.69) is 20.3 Å². The summed E-state index contributed by atoms with van der Waals surface area (Å²) >= 11 is 0. The van der Waals surface area contributed by atoms with Crippen molar-refractivity contribution in [2.45, 2.75) is 33.2 Å². The standard InChI is InChI=1S/C12H17N5O3.CH2O2/c1-7-9(8(2)20-16-7)6-17(3)11(18)5-4-10-13-12(19)15-14-10;2-1-3/h4-6H2,1-3H3,(H2,13,14,15,19);1H,(H,2,3). The number of rotatable bonds is 5. The lowest BCUT2D eigenvalue weighted by atomic mass is 10.2. The molecule has 10 heteroatoms. The molecule has 2 aromatic heterocycles. The lowest BCUT2D eigenvalue weighted by Gasteiger charge is -2.16. The predicted molar refractivity (Wildman–Crippen MR) is 78.7 cm³/mol. The summed E-state index contributed by atoms with van der Waals surface area (Å²) in [5.41, 5.74) is 1.35. The van der Waals surface area contributed by atoms with E-state index in [0.29, 0.717) is 18.8 Å². The zero-order chi connectivity index (χ0) is 17.4. The number of H-pyrrole nitrogens is 2. The third kappa shape index (κ3) is 5.41. The van der Waals surface area contributed by atoms with E-state index in [1.165, 1.54) is 0 Å². The number of aromatic nitrogens is 4. The molecule has 0 bridgehead atoms. The summed E-state index contributed by atoms with van der Waals surface area (Å²) in [6, 6.07) is 0. The molecule has 2 aromatic rings. The van der Waals surface area contributed by atoms with Crippen LogP contribution >= 0.6 is 0 Å². The molecule has 10 nitrogen and oxygen atoms in total. The fourth-order valence-corrected chi connectivity index (χ4v) is 1.89. The molecule has 126 valence electrons. The van der Waals surface area contributed by atoms with Crippen molar-refractivity contribution in [3.8, 4) is 0 Å². The highest BCUT2D eigenvalue weighted by atomic mass is 16.5. The molecule has 0 atom stereocenters. The van der Waals surface area contributed by atoms with E-state index < -0.39 is 0 Å². The first-order valence-corrected chi connectivity index (χ1v) is 6.76. The van der Waals surface area contributed by atoms with Gasteiger partial charge in [0.15, 0.2) is 0 Å². The van der Waals surface area contributed by atoms with Gasteiger partial charge in [-0.15, -0.1) is 0 Å². The Bertz CT molecular complexity index is 682. The van der Waals surface area contributed by atoms with Gasteiger partial charge in [-0.2, -0.15) is 5.10 Å². The molecule has 0 aliphatic rings. The van der Waals surface area contributed by atoms with E-state index in [1.54, 1.807) is 11.9 Å². The molecule has 0 radical (unpaired) electrons. The molecule has 1 amide bonds. The van der Waals surface area contributed by atoms with Crippen LogP contribution in [0.2, 0.25) is 0 Å². The first kappa shape index (κ1) is 18.1. The summed E-state index contributed by atoms with van der Waals surface area (Å²) in [7, 11) is 1.72. The Morgan fingerprint density at radius 2 is 2.09 bits per heavy atom. The number of nitrogens with zero attached hydrogens (tertiary/aromatic N) is 3. The number of amides is 1. The molecule has 0 unspecified atom stereocenters. The minimum atomic E-state index is -0.364. The van der Waals surface area contributed by atoms with Crippen molar-refractivity contribution in [3.05, 3.63) is 33.3 Å². The van der Waals surface area contributed by atoms with Crippen LogP contribution < -0.4 is 5.69 Å². The van der Waals surface area contributed by atoms with Gasteiger partial charge in [-0.3, -0.25) is 14.6 Å². The van der Waals surface area contributed by atoms with Crippen LogP contribution in [0.25, 0.3) is 0 Å². The summed E-state index contributed by atoms with van der Waals surface area (Å²) in [4.78, 5) is 35.4. The third-order valence-electron chi connectivity index (χ3n) is 3.13. The van der Waals surface area contributed by atoms with E-state index in [4.69, 9.17) is 14.4 Å². The molecule has 0 spiro atoms. The molecule has 0 aliphatic carbocycles. The van der Waals surface area contributed by atoms with Gasteiger partial charge >= 0.3 is 5.69 Å². The topological polar surface area (TPSA) is 145 Å². The van der Waals surface area contributed by atoms with Gasteiger partial charge in [0.2, 0.25) is 5.91 Å². The Morgan fingerprint density at radius 1 is 1.43 bits per heavy atom. The zero-order valence-electron chi connectivity index (χ0n) is 13.1. The van der Waals surface area contributed by atoms with Crippen LogP contribution in [0.3, 0.4) is 0 Å². The van der Waals surface area contributed by atoms with E-state index in [1.807, 2.05) is 13.8 Å². The van der Waals surface area contributed by atoms with Gasteiger partial charge in [0.05, 0.1) is 12.2 Å². The van der Waals surface area contributed by atoms with Crippen molar-refractivity contribution in [2.75, 3.05) is 7.05 Å². The maximum Gasteiger partial charge on any atom is 0.340 e. The number of carbonyl (C=O) groups excluding carboxylic acids is 1. The highest BCUT2D eigenvalue weighted by molar-refractivity contribution is 5.76. The minimum absolute atomic E-state index is 0.0335. The Hall–Kier alpha value is -2.91. The van der Waals surface area contributed by atoms with E-state index >= 15 is 0 Å². The van der Waals surface area contributed by atoms with Crippen LogP contribution in [-0.2, 0) is 22.6 Å². The molecular formula is C13H19N5O5. The molecule has 2 rings (SSSR count). The number of hydrogen-bond acceptors (Lipinski definition) is 6. The Morgan fingerprint density at radius 3 is 2.57 bits per heavy atom. The summed E-state index contributed by atoms with van der Waals surface area (Å²) in [5, 5.41) is 16.8. The normalized spacial score (nSPS) is 9.87. The minimum Gasteiger partial charge on any atom is -0.483 e. The second kappa shape index (κ2) is 8.51. The van der Waals surface area contributed by atoms with Crippen LogP contribution in [0, 0.1) is 13.8 Å². The molecular weight excluding hydrogens is 306 g/mol. The quantitative estimate of drug-likeness (QED) is 0.656. The van der Waals surface area contributed by atoms with Gasteiger partial charge in [-0.25, -0.2) is 9.89 Å². The van der Waals surface area contributed by atoms with Crippen LogP contribution in [0.4, 0.5) is 0 Å². The van der Waals surface area contributed by atoms with E-state index in [-0.39, 0.29) is 24.5 Å². The van der Waals surface area contributed by atoms with Crippen LogP contribution in [0.5, 0.6) is 0 Å². The van der Waals surface area contributed by atoms with Gasteiger partial charge in [0.1, 0.15) is 11.6 Å². The highest BCUT2D eigenvalue weighted by Crippen LogP contribution is 2.14. The first-order chi connectivity index (χ1) is 10.9. The van der Waals surface area contributed by atoms with E-state index in [0.717, 1.165) is 17.0 Å². The zero-order valence-corrected chi connectivity index (χ0v) is 13.1. The van der Waals surface area contributed by atoms with Crippen molar-refractivity contribution < 1.29 is 19.2 Å². The summed E-state index contributed by atoms with van der Waals surface area (Å²) in [5.74, 6) is 1.17. The SMILES string of the molecule is Cc1noc(C)c1CN(C)C(=O)CCc1n[nH]c(=O)[nH]1.O=CO. The highest BCUT2D eigenvalue weighted by Gasteiger charge is 2.15. The third-order valence-corrected chi connectivity index (χ3v) is 3.13. The van der Waals surface area contributed by atoms with Gasteiger partial charge < -0.3 is 14.5 Å². The molecule has 0 saturated carbocycles. The van der Waals surface area contributed by atoms with E-state index in [9.17, 15) is 9.59 Å². The summed E-state index contributed by atoms with van der Waals surface area (Å²) in [6.07, 6.45) is 0.671. The number of hydrogen-bond donors (Lipinski definition) is 3. The molecule has 0 aliphatic heterocycles. The molecule has 0 saturated heterocycles. The van der Waals surface area contributed by atoms with Crippen molar-refractivity contribution in [3.63, 3.8) is 0 Å². The fraction of sp³-hybridized carbons (Fsp3) is 0.462. The number of aromatic amines is 2. The largest absolute Gasteiger partial charge is 0.483 e. The molecule has 0 aromatic carbocycles. The maximum atomic E-state index is 12.0. The van der Waals surface area contributed by atoms with Crippen LogP contribution in [0.1, 0.15) is 29.3 Å². The second-order valence-electron chi connectivity index (χ2n) is 4.78. The second-order valence-corrected chi connectivity index (χ2v) is 4.78. The fourth-order valence-electron chi connectivity index (χ4n) is 1.89. The Kier molecular flexibility index (Phi) is 6.71. The summed E-state index contributed by atoms with van der Waals surface area (Å²) < 4.78 is 5.07. The molecule has 0 fully saturated rings. The maximum absolute atomic E-state index is 12.0. The van der Waals surface area contributed by atoms with Crippen molar-refractivity contribution in [1.29, 1.82) is 0 Å². The molecule has 3 N–H and O–H groups in total. The summed E-state index contributed by atoms with van der Waals surface area (Å²) in [6.45, 7) is 3.87. The van der Waals surface area contributed by atoms with Gasteiger partial charge in [-0.05, 0) is 13.8 Å². The molecule has 2 heterocycles. The number of aryl methyl sites for hydroxylation is 3. The average Bonchev–Trinajstić information content (AvgIpc) is 3.05. The number of carbonyl (C=O) groups is 2. The van der Waals surface area contributed by atoms with Crippen molar-refractivity contribution >= 4 is 12.4 Å². The monoisotopic (exact) mass is 325 g/mol. The van der Waals surface area contributed by atoms with Gasteiger partial charge in [0.25, 0.3) is 6.47 Å². The lowest BCUT2D eigenvalue weighted by molar-refractivity contribution is -0.130. The predicted octanol–water partition coefficient (Wildman–Crippen LogP) is -0.00516. The number of carboxylic acid groups (broad SMARTS) is 1. The first-order valence-electron chi connectivity index (χ1n) is 6.76. The number of nitrogens with one attached hydrogen (secondary N) is 2.